The van der Waals surface area contributed by atoms with Gasteiger partial charge in [-0.05, 0) is 29.3 Å². The fraction of sp³-hybridized carbons (Fsp3) is 0.294. The van der Waals surface area contributed by atoms with Crippen LogP contribution in [-0.2, 0) is 4.79 Å². The molecular weight excluding hydrogens is 250 g/mol. The van der Waals surface area contributed by atoms with Crippen LogP contribution in [0.5, 0.6) is 0 Å². The SMILES string of the molecule is CCCC[C@@H](C=O)NC(=O)c1ccc2ccccc2c1. The minimum Gasteiger partial charge on any atom is -0.343 e. The van der Waals surface area contributed by atoms with Gasteiger partial charge in [-0.15, -0.1) is 0 Å². The van der Waals surface area contributed by atoms with Gasteiger partial charge >= 0.3 is 0 Å². The summed E-state index contributed by atoms with van der Waals surface area (Å²) in [6.45, 7) is 2.06. The molecule has 104 valence electrons. The Kier molecular flexibility index (Phi) is 4.88. The van der Waals surface area contributed by atoms with E-state index in [0.717, 1.165) is 29.9 Å². The number of benzene rings is 2. The fourth-order valence-electron chi connectivity index (χ4n) is 2.18. The third-order valence-electron chi connectivity index (χ3n) is 3.36. The molecule has 0 spiro atoms. The molecule has 1 amide bonds. The maximum absolute atomic E-state index is 12.2. The molecule has 3 heteroatoms. The number of rotatable bonds is 6. The van der Waals surface area contributed by atoms with E-state index in [0.29, 0.717) is 12.0 Å². The molecule has 2 aromatic rings. The predicted octanol–water partition coefficient (Wildman–Crippen LogP) is 3.33. The number of nitrogens with one attached hydrogen (secondary N) is 1. The predicted molar refractivity (Wildman–Crippen MR) is 80.8 cm³/mol. The number of aldehydes is 1. The Morgan fingerprint density at radius 1 is 1.20 bits per heavy atom. The molecule has 0 aliphatic rings. The number of amides is 1. The van der Waals surface area contributed by atoms with Crippen LogP contribution in [0, 0.1) is 0 Å². The van der Waals surface area contributed by atoms with Crippen LogP contribution in [0.4, 0.5) is 0 Å². The Morgan fingerprint density at radius 3 is 2.65 bits per heavy atom. The highest BCUT2D eigenvalue weighted by molar-refractivity contribution is 5.99. The van der Waals surface area contributed by atoms with Gasteiger partial charge in [0.1, 0.15) is 6.29 Å². The minimum absolute atomic E-state index is 0.191. The van der Waals surface area contributed by atoms with Gasteiger partial charge < -0.3 is 10.1 Å². The topological polar surface area (TPSA) is 46.2 Å². The van der Waals surface area contributed by atoms with Gasteiger partial charge in [0.15, 0.2) is 0 Å². The lowest BCUT2D eigenvalue weighted by Crippen LogP contribution is -2.35. The van der Waals surface area contributed by atoms with Crippen molar-refractivity contribution in [1.82, 2.24) is 5.32 Å². The number of hydrogen-bond donors (Lipinski definition) is 1. The van der Waals surface area contributed by atoms with Crippen LogP contribution in [0.3, 0.4) is 0 Å². The Balaban J connectivity index is 2.12. The van der Waals surface area contributed by atoms with Gasteiger partial charge in [-0.25, -0.2) is 0 Å². The molecular formula is C17H19NO2. The number of carbonyl (C=O) groups excluding carboxylic acids is 2. The van der Waals surface area contributed by atoms with Crippen molar-refractivity contribution in [3.05, 3.63) is 48.0 Å². The van der Waals surface area contributed by atoms with E-state index in [1.54, 1.807) is 6.07 Å². The average molecular weight is 269 g/mol. The van der Waals surface area contributed by atoms with Crippen molar-refractivity contribution in [1.29, 1.82) is 0 Å². The van der Waals surface area contributed by atoms with E-state index in [4.69, 9.17) is 0 Å². The molecule has 0 aliphatic carbocycles. The van der Waals surface area contributed by atoms with Crippen molar-refractivity contribution in [3.63, 3.8) is 0 Å². The molecule has 2 aromatic carbocycles. The van der Waals surface area contributed by atoms with Crippen LogP contribution in [0.2, 0.25) is 0 Å². The number of unbranched alkanes of at least 4 members (excludes halogenated alkanes) is 1. The second kappa shape index (κ2) is 6.85. The lowest BCUT2D eigenvalue weighted by Gasteiger charge is -2.12. The largest absolute Gasteiger partial charge is 0.343 e. The molecule has 2 rings (SSSR count). The summed E-state index contributed by atoms with van der Waals surface area (Å²) in [4.78, 5) is 23.1. The van der Waals surface area contributed by atoms with Crippen molar-refractivity contribution in [2.75, 3.05) is 0 Å². The molecule has 0 aliphatic heterocycles. The summed E-state index contributed by atoms with van der Waals surface area (Å²) >= 11 is 0. The van der Waals surface area contributed by atoms with E-state index in [1.165, 1.54) is 0 Å². The average Bonchev–Trinajstić information content (AvgIpc) is 2.50. The zero-order valence-electron chi connectivity index (χ0n) is 11.6. The van der Waals surface area contributed by atoms with E-state index in [1.807, 2.05) is 36.4 Å². The van der Waals surface area contributed by atoms with Gasteiger partial charge in [-0.3, -0.25) is 4.79 Å². The normalized spacial score (nSPS) is 12.1. The van der Waals surface area contributed by atoms with Crippen molar-refractivity contribution in [3.8, 4) is 0 Å². The molecule has 1 atom stereocenters. The first kappa shape index (κ1) is 14.3. The van der Waals surface area contributed by atoms with E-state index in [9.17, 15) is 9.59 Å². The molecule has 0 bridgehead atoms. The first-order chi connectivity index (χ1) is 9.74. The van der Waals surface area contributed by atoms with Gasteiger partial charge in [-0.1, -0.05) is 50.1 Å². The zero-order chi connectivity index (χ0) is 14.4. The van der Waals surface area contributed by atoms with E-state index >= 15 is 0 Å². The van der Waals surface area contributed by atoms with Gasteiger partial charge in [0.05, 0.1) is 6.04 Å². The van der Waals surface area contributed by atoms with Gasteiger partial charge in [0.2, 0.25) is 0 Å². The molecule has 20 heavy (non-hydrogen) atoms. The van der Waals surface area contributed by atoms with Crippen LogP contribution < -0.4 is 5.32 Å². The summed E-state index contributed by atoms with van der Waals surface area (Å²) in [5, 5.41) is 4.90. The molecule has 3 nitrogen and oxygen atoms in total. The quantitative estimate of drug-likeness (QED) is 0.818. The van der Waals surface area contributed by atoms with E-state index in [-0.39, 0.29) is 5.91 Å². The van der Waals surface area contributed by atoms with Crippen LogP contribution in [-0.4, -0.2) is 18.2 Å². The Morgan fingerprint density at radius 2 is 1.95 bits per heavy atom. The highest BCUT2D eigenvalue weighted by atomic mass is 16.2. The van der Waals surface area contributed by atoms with Crippen LogP contribution in [0.25, 0.3) is 10.8 Å². The standard InChI is InChI=1S/C17H19NO2/c1-2-3-8-16(12-19)18-17(20)15-10-9-13-6-4-5-7-14(13)11-15/h4-7,9-12,16H,2-3,8H2,1H3,(H,18,20)/t16-/m0/s1. The first-order valence-electron chi connectivity index (χ1n) is 6.99. The van der Waals surface area contributed by atoms with Crippen molar-refractivity contribution in [2.45, 2.75) is 32.2 Å². The van der Waals surface area contributed by atoms with Crippen LogP contribution in [0.1, 0.15) is 36.5 Å². The summed E-state index contributed by atoms with van der Waals surface area (Å²) in [6.07, 6.45) is 3.45. The van der Waals surface area contributed by atoms with Crippen molar-refractivity contribution in [2.24, 2.45) is 0 Å². The summed E-state index contributed by atoms with van der Waals surface area (Å²) in [5.41, 5.74) is 0.590. The Hall–Kier alpha value is -2.16. The van der Waals surface area contributed by atoms with Crippen LogP contribution in [0.15, 0.2) is 42.5 Å². The maximum Gasteiger partial charge on any atom is 0.251 e. The van der Waals surface area contributed by atoms with E-state index in [2.05, 4.69) is 12.2 Å². The molecule has 1 N–H and O–H groups in total. The zero-order valence-corrected chi connectivity index (χ0v) is 11.6. The third-order valence-corrected chi connectivity index (χ3v) is 3.36. The minimum atomic E-state index is -0.395. The summed E-state index contributed by atoms with van der Waals surface area (Å²) < 4.78 is 0. The second-order valence-corrected chi connectivity index (χ2v) is 4.92. The number of hydrogen-bond acceptors (Lipinski definition) is 2. The van der Waals surface area contributed by atoms with Gasteiger partial charge in [0.25, 0.3) is 5.91 Å². The molecule has 0 aromatic heterocycles. The number of carbonyl (C=O) groups is 2. The maximum atomic E-state index is 12.2. The highest BCUT2D eigenvalue weighted by Gasteiger charge is 2.12. The first-order valence-corrected chi connectivity index (χ1v) is 6.99. The molecule has 0 saturated carbocycles. The summed E-state index contributed by atoms with van der Waals surface area (Å²) in [7, 11) is 0. The summed E-state index contributed by atoms with van der Waals surface area (Å²) in [5.74, 6) is -0.191. The van der Waals surface area contributed by atoms with E-state index < -0.39 is 6.04 Å². The fourth-order valence-corrected chi connectivity index (χ4v) is 2.18. The highest BCUT2D eigenvalue weighted by Crippen LogP contribution is 2.15. The van der Waals surface area contributed by atoms with Gasteiger partial charge in [-0.2, -0.15) is 0 Å². The van der Waals surface area contributed by atoms with Crippen molar-refractivity contribution >= 4 is 23.0 Å². The Labute approximate surface area is 119 Å². The lowest BCUT2D eigenvalue weighted by atomic mass is 10.1. The third kappa shape index (κ3) is 3.44. The molecule has 0 unspecified atom stereocenters. The molecule has 0 saturated heterocycles. The Bertz CT molecular complexity index is 607. The summed E-state index contributed by atoms with van der Waals surface area (Å²) in [6, 6.07) is 13.1. The van der Waals surface area contributed by atoms with Crippen molar-refractivity contribution < 1.29 is 9.59 Å². The van der Waals surface area contributed by atoms with Gasteiger partial charge in [0, 0.05) is 5.56 Å². The molecule has 0 radical (unpaired) electrons. The number of fused-ring (bicyclic) bond motifs is 1. The smallest absolute Gasteiger partial charge is 0.251 e. The lowest BCUT2D eigenvalue weighted by molar-refractivity contribution is -0.109. The second-order valence-electron chi connectivity index (χ2n) is 4.92. The monoisotopic (exact) mass is 269 g/mol. The molecule has 0 fully saturated rings. The van der Waals surface area contributed by atoms with Crippen LogP contribution >= 0.6 is 0 Å². The molecule has 0 heterocycles.